The molecular formula is C11H14N2O. The van der Waals surface area contributed by atoms with E-state index in [0.29, 0.717) is 0 Å². The van der Waals surface area contributed by atoms with E-state index in [4.69, 9.17) is 0 Å². The van der Waals surface area contributed by atoms with E-state index in [9.17, 15) is 5.11 Å². The van der Waals surface area contributed by atoms with Crippen LogP contribution < -0.4 is 0 Å². The third kappa shape index (κ3) is 1.40. The number of aromatic nitrogens is 2. The van der Waals surface area contributed by atoms with Crippen molar-refractivity contribution in [2.75, 3.05) is 6.61 Å². The molecule has 0 saturated heterocycles. The minimum absolute atomic E-state index is 0.145. The number of nitrogens with zero attached hydrogens (tertiary/aromatic N) is 1. The SMILES string of the molecule is CC(C)(CO)c1ccc2nc[nH]c2c1. The predicted octanol–water partition coefficient (Wildman–Crippen LogP) is 1.83. The van der Waals surface area contributed by atoms with Gasteiger partial charge in [0.25, 0.3) is 0 Å². The molecule has 0 unspecified atom stereocenters. The van der Waals surface area contributed by atoms with E-state index in [1.165, 1.54) is 0 Å². The van der Waals surface area contributed by atoms with Gasteiger partial charge in [-0.25, -0.2) is 4.98 Å². The number of imidazole rings is 1. The van der Waals surface area contributed by atoms with Gasteiger partial charge >= 0.3 is 0 Å². The standard InChI is InChI=1S/C11H14N2O/c1-11(2,6-14)8-3-4-9-10(5-8)13-7-12-9/h3-5,7,14H,6H2,1-2H3,(H,12,13). The summed E-state index contributed by atoms with van der Waals surface area (Å²) in [6.07, 6.45) is 1.68. The van der Waals surface area contributed by atoms with Crippen LogP contribution in [0.5, 0.6) is 0 Å². The molecule has 0 aliphatic rings. The summed E-state index contributed by atoms with van der Waals surface area (Å²) < 4.78 is 0. The molecule has 3 heteroatoms. The van der Waals surface area contributed by atoms with E-state index in [-0.39, 0.29) is 12.0 Å². The van der Waals surface area contributed by atoms with Gasteiger partial charge in [-0.3, -0.25) is 0 Å². The molecule has 0 spiro atoms. The largest absolute Gasteiger partial charge is 0.395 e. The fourth-order valence-corrected chi connectivity index (χ4v) is 1.45. The van der Waals surface area contributed by atoms with Gasteiger partial charge in [-0.1, -0.05) is 19.9 Å². The molecule has 2 rings (SSSR count). The second-order valence-corrected chi connectivity index (χ2v) is 4.18. The molecule has 1 aromatic carbocycles. The van der Waals surface area contributed by atoms with Crippen LogP contribution in [0.3, 0.4) is 0 Å². The Labute approximate surface area is 82.8 Å². The minimum Gasteiger partial charge on any atom is -0.395 e. The first-order chi connectivity index (χ1) is 6.63. The Morgan fingerprint density at radius 2 is 2.21 bits per heavy atom. The Kier molecular flexibility index (Phi) is 2.04. The zero-order chi connectivity index (χ0) is 10.2. The Morgan fingerprint density at radius 3 is 2.93 bits per heavy atom. The number of H-pyrrole nitrogens is 1. The van der Waals surface area contributed by atoms with Crippen molar-refractivity contribution in [3.05, 3.63) is 30.1 Å². The fourth-order valence-electron chi connectivity index (χ4n) is 1.45. The average Bonchev–Trinajstić information content (AvgIpc) is 2.64. The van der Waals surface area contributed by atoms with Crippen molar-refractivity contribution in [3.8, 4) is 0 Å². The summed E-state index contributed by atoms with van der Waals surface area (Å²) in [5, 5.41) is 9.24. The highest BCUT2D eigenvalue weighted by Gasteiger charge is 2.19. The van der Waals surface area contributed by atoms with Crippen LogP contribution in [0.1, 0.15) is 19.4 Å². The highest BCUT2D eigenvalue weighted by atomic mass is 16.3. The van der Waals surface area contributed by atoms with E-state index in [2.05, 4.69) is 9.97 Å². The number of benzene rings is 1. The monoisotopic (exact) mass is 190 g/mol. The lowest BCUT2D eigenvalue weighted by Crippen LogP contribution is -2.21. The molecule has 1 aromatic heterocycles. The number of hydrogen-bond donors (Lipinski definition) is 2. The Morgan fingerprint density at radius 1 is 1.43 bits per heavy atom. The van der Waals surface area contributed by atoms with Crippen LogP contribution in [0.2, 0.25) is 0 Å². The van der Waals surface area contributed by atoms with Crippen LogP contribution >= 0.6 is 0 Å². The van der Waals surface area contributed by atoms with E-state index < -0.39 is 0 Å². The third-order valence-corrected chi connectivity index (χ3v) is 2.60. The van der Waals surface area contributed by atoms with Crippen molar-refractivity contribution < 1.29 is 5.11 Å². The molecule has 74 valence electrons. The van der Waals surface area contributed by atoms with Gasteiger partial charge < -0.3 is 10.1 Å². The predicted molar refractivity (Wildman–Crippen MR) is 56.2 cm³/mol. The molecule has 0 amide bonds. The topological polar surface area (TPSA) is 48.9 Å². The van der Waals surface area contributed by atoms with Gasteiger partial charge in [0, 0.05) is 5.41 Å². The van der Waals surface area contributed by atoms with Gasteiger partial charge in [-0.2, -0.15) is 0 Å². The van der Waals surface area contributed by atoms with Crippen molar-refractivity contribution in [1.82, 2.24) is 9.97 Å². The molecule has 3 nitrogen and oxygen atoms in total. The zero-order valence-corrected chi connectivity index (χ0v) is 8.41. The van der Waals surface area contributed by atoms with Crippen molar-refractivity contribution in [3.63, 3.8) is 0 Å². The lowest BCUT2D eigenvalue weighted by atomic mass is 9.85. The van der Waals surface area contributed by atoms with Gasteiger partial charge in [-0.05, 0) is 17.7 Å². The van der Waals surface area contributed by atoms with Gasteiger partial charge in [0.15, 0.2) is 0 Å². The Balaban J connectivity index is 2.53. The Bertz CT molecular complexity index is 445. The molecule has 2 N–H and O–H groups in total. The molecular weight excluding hydrogens is 176 g/mol. The minimum atomic E-state index is -0.195. The molecule has 0 atom stereocenters. The second-order valence-electron chi connectivity index (χ2n) is 4.18. The molecule has 14 heavy (non-hydrogen) atoms. The first-order valence-corrected chi connectivity index (χ1v) is 4.68. The second kappa shape index (κ2) is 3.10. The smallest absolute Gasteiger partial charge is 0.0931 e. The van der Waals surface area contributed by atoms with Gasteiger partial charge in [-0.15, -0.1) is 0 Å². The van der Waals surface area contributed by atoms with Gasteiger partial charge in [0.05, 0.1) is 24.0 Å². The van der Waals surface area contributed by atoms with Gasteiger partial charge in [0.2, 0.25) is 0 Å². The van der Waals surface area contributed by atoms with Gasteiger partial charge in [0.1, 0.15) is 0 Å². The highest BCUT2D eigenvalue weighted by Crippen LogP contribution is 2.24. The number of aromatic amines is 1. The van der Waals surface area contributed by atoms with Crippen LogP contribution in [0.15, 0.2) is 24.5 Å². The number of rotatable bonds is 2. The fraction of sp³-hybridized carbons (Fsp3) is 0.364. The quantitative estimate of drug-likeness (QED) is 0.759. The summed E-state index contributed by atoms with van der Waals surface area (Å²) in [5.74, 6) is 0. The first kappa shape index (κ1) is 9.21. The lowest BCUT2D eigenvalue weighted by molar-refractivity contribution is 0.218. The van der Waals surface area contributed by atoms with E-state index >= 15 is 0 Å². The van der Waals surface area contributed by atoms with Crippen molar-refractivity contribution in [2.45, 2.75) is 19.3 Å². The molecule has 2 aromatic rings. The first-order valence-electron chi connectivity index (χ1n) is 4.68. The third-order valence-electron chi connectivity index (χ3n) is 2.60. The molecule has 1 heterocycles. The normalized spacial score (nSPS) is 12.2. The summed E-state index contributed by atoms with van der Waals surface area (Å²) in [6.45, 7) is 4.18. The summed E-state index contributed by atoms with van der Waals surface area (Å²) in [4.78, 5) is 7.21. The van der Waals surface area contributed by atoms with Crippen LogP contribution in [0, 0.1) is 0 Å². The van der Waals surface area contributed by atoms with E-state index in [0.717, 1.165) is 16.6 Å². The summed E-state index contributed by atoms with van der Waals surface area (Å²) >= 11 is 0. The number of nitrogens with one attached hydrogen (secondary N) is 1. The summed E-state index contributed by atoms with van der Waals surface area (Å²) in [5.41, 5.74) is 2.91. The number of hydrogen-bond acceptors (Lipinski definition) is 2. The highest BCUT2D eigenvalue weighted by molar-refractivity contribution is 5.75. The van der Waals surface area contributed by atoms with E-state index in [1.807, 2.05) is 32.0 Å². The maximum absolute atomic E-state index is 9.24. The number of aliphatic hydroxyl groups is 1. The van der Waals surface area contributed by atoms with E-state index in [1.54, 1.807) is 6.33 Å². The molecule has 0 bridgehead atoms. The van der Waals surface area contributed by atoms with Crippen LogP contribution in [-0.2, 0) is 5.41 Å². The number of fused-ring (bicyclic) bond motifs is 1. The average molecular weight is 190 g/mol. The van der Waals surface area contributed by atoms with Crippen molar-refractivity contribution in [1.29, 1.82) is 0 Å². The summed E-state index contributed by atoms with van der Waals surface area (Å²) in [6, 6.07) is 6.02. The molecule has 0 radical (unpaired) electrons. The molecule has 0 saturated carbocycles. The van der Waals surface area contributed by atoms with Crippen LogP contribution in [-0.4, -0.2) is 21.7 Å². The van der Waals surface area contributed by atoms with Crippen LogP contribution in [0.4, 0.5) is 0 Å². The van der Waals surface area contributed by atoms with Crippen molar-refractivity contribution >= 4 is 11.0 Å². The lowest BCUT2D eigenvalue weighted by Gasteiger charge is -2.21. The maximum Gasteiger partial charge on any atom is 0.0931 e. The van der Waals surface area contributed by atoms with Crippen LogP contribution in [0.25, 0.3) is 11.0 Å². The molecule has 0 aliphatic carbocycles. The maximum atomic E-state index is 9.24. The summed E-state index contributed by atoms with van der Waals surface area (Å²) in [7, 11) is 0. The Hall–Kier alpha value is -1.35. The molecule has 0 fully saturated rings. The zero-order valence-electron chi connectivity index (χ0n) is 8.41. The number of aliphatic hydroxyl groups excluding tert-OH is 1. The molecule has 0 aliphatic heterocycles. The van der Waals surface area contributed by atoms with Crippen molar-refractivity contribution in [2.24, 2.45) is 0 Å².